The van der Waals surface area contributed by atoms with Gasteiger partial charge in [-0.15, -0.1) is 0 Å². The van der Waals surface area contributed by atoms with E-state index in [2.05, 4.69) is 6.92 Å². The van der Waals surface area contributed by atoms with Crippen molar-refractivity contribution in [1.29, 1.82) is 0 Å². The summed E-state index contributed by atoms with van der Waals surface area (Å²) in [6, 6.07) is 2.96. The zero-order chi connectivity index (χ0) is 13.3. The molecule has 1 radical (unpaired) electrons. The number of hydrogen-bond donors (Lipinski definition) is 0. The highest BCUT2D eigenvalue weighted by Gasteiger charge is 2.28. The largest absolute Gasteiger partial charge is 0.416 e. The third-order valence-corrected chi connectivity index (χ3v) is 7.65. The molecule has 0 saturated carbocycles. The van der Waals surface area contributed by atoms with E-state index in [0.29, 0.717) is 20.1 Å². The second kappa shape index (κ2) is 6.34. The lowest BCUT2D eigenvalue weighted by Crippen LogP contribution is -2.29. The molecule has 1 aromatic rings. The van der Waals surface area contributed by atoms with Gasteiger partial charge in [0, 0.05) is 12.1 Å². The average molecular weight is 343 g/mol. The zero-order valence-corrected chi connectivity index (χ0v) is 13.9. The minimum atomic E-state index is -0.891. The first-order valence-electron chi connectivity index (χ1n) is 5.83. The first-order chi connectivity index (χ1) is 8.52. The number of halogens is 4. The summed E-state index contributed by atoms with van der Waals surface area (Å²) in [4.78, 5) is 0. The van der Waals surface area contributed by atoms with Crippen LogP contribution in [0.2, 0.25) is 26.1 Å². The molecule has 6 heteroatoms. The van der Waals surface area contributed by atoms with E-state index in [1.807, 2.05) is 6.07 Å². The van der Waals surface area contributed by atoms with Crippen molar-refractivity contribution in [1.82, 2.24) is 0 Å². The van der Waals surface area contributed by atoms with Crippen LogP contribution in [0.3, 0.4) is 0 Å². The Labute approximate surface area is 129 Å². The molecule has 0 N–H and O–H groups in total. The highest BCUT2D eigenvalue weighted by Crippen LogP contribution is 2.42. The first kappa shape index (κ1) is 15.0. The molecule has 1 atom stereocenters. The van der Waals surface area contributed by atoms with Gasteiger partial charge in [0.15, 0.2) is 0 Å². The van der Waals surface area contributed by atoms with E-state index in [0.717, 1.165) is 24.6 Å². The molecule has 0 aliphatic carbocycles. The lowest BCUT2D eigenvalue weighted by atomic mass is 10.1. The Kier molecular flexibility index (Phi) is 5.27. The standard InChI is InChI=1S/C12H13Cl4OSi/c1-7(18-5-3-2-4-17-18)8-6-9(13)11(15)12(16)10(8)14/h6-7H,2-5H2,1H3. The highest BCUT2D eigenvalue weighted by molar-refractivity contribution is 6.55. The van der Waals surface area contributed by atoms with Crippen molar-refractivity contribution in [2.75, 3.05) is 6.61 Å². The molecule has 1 saturated heterocycles. The molecule has 2 rings (SSSR count). The summed E-state index contributed by atoms with van der Waals surface area (Å²) >= 11 is 24.4. The Balaban J connectivity index is 2.32. The van der Waals surface area contributed by atoms with E-state index in [1.54, 1.807) is 0 Å². The minimum Gasteiger partial charge on any atom is -0.416 e. The first-order valence-corrected chi connectivity index (χ1v) is 9.04. The molecule has 1 aliphatic heterocycles. The Morgan fingerprint density at radius 2 is 1.83 bits per heavy atom. The third-order valence-electron chi connectivity index (χ3n) is 3.19. The molecule has 0 amide bonds. The van der Waals surface area contributed by atoms with E-state index in [4.69, 9.17) is 50.8 Å². The van der Waals surface area contributed by atoms with Crippen LogP contribution in [0.5, 0.6) is 0 Å². The van der Waals surface area contributed by atoms with Crippen LogP contribution in [0.1, 0.15) is 30.9 Å². The molecular formula is C12H13Cl4OSi. The zero-order valence-electron chi connectivity index (χ0n) is 9.90. The van der Waals surface area contributed by atoms with Crippen LogP contribution in [0.4, 0.5) is 0 Å². The van der Waals surface area contributed by atoms with Crippen LogP contribution in [0.25, 0.3) is 0 Å². The van der Waals surface area contributed by atoms with Gasteiger partial charge in [-0.3, -0.25) is 0 Å². The maximum Gasteiger partial charge on any atom is 0.218 e. The quantitative estimate of drug-likeness (QED) is 0.378. The fraction of sp³-hybridized carbons (Fsp3) is 0.500. The van der Waals surface area contributed by atoms with Crippen molar-refractivity contribution < 1.29 is 4.43 Å². The molecule has 0 aromatic heterocycles. The maximum absolute atomic E-state index is 6.27. The van der Waals surface area contributed by atoms with Crippen molar-refractivity contribution in [3.05, 3.63) is 31.7 Å². The molecule has 1 aliphatic rings. The van der Waals surface area contributed by atoms with Gasteiger partial charge in [0.25, 0.3) is 0 Å². The Hall–Kier alpha value is 0.557. The summed E-state index contributed by atoms with van der Waals surface area (Å²) in [6.45, 7) is 2.98. The summed E-state index contributed by atoms with van der Waals surface area (Å²) in [6.07, 6.45) is 2.38. The van der Waals surface area contributed by atoms with Gasteiger partial charge in [-0.25, -0.2) is 0 Å². The molecule has 1 aromatic carbocycles. The van der Waals surface area contributed by atoms with Crippen molar-refractivity contribution in [3.63, 3.8) is 0 Å². The summed E-state index contributed by atoms with van der Waals surface area (Å²) in [5, 5.41) is 1.61. The van der Waals surface area contributed by atoms with E-state index < -0.39 is 9.04 Å². The lowest BCUT2D eigenvalue weighted by molar-refractivity contribution is 0.281. The molecule has 99 valence electrons. The molecule has 1 fully saturated rings. The van der Waals surface area contributed by atoms with Crippen LogP contribution in [-0.4, -0.2) is 15.6 Å². The van der Waals surface area contributed by atoms with Crippen LogP contribution < -0.4 is 0 Å². The number of hydrogen-bond acceptors (Lipinski definition) is 1. The van der Waals surface area contributed by atoms with Gasteiger partial charge in [0.2, 0.25) is 9.04 Å². The van der Waals surface area contributed by atoms with Gasteiger partial charge in [-0.2, -0.15) is 0 Å². The van der Waals surface area contributed by atoms with E-state index in [1.165, 1.54) is 6.42 Å². The summed E-state index contributed by atoms with van der Waals surface area (Å²) in [5.41, 5.74) is 1.21. The third kappa shape index (κ3) is 3.00. The van der Waals surface area contributed by atoms with Crippen molar-refractivity contribution in [3.8, 4) is 0 Å². The Morgan fingerprint density at radius 3 is 2.44 bits per heavy atom. The second-order valence-corrected chi connectivity index (χ2v) is 8.51. The summed E-state index contributed by atoms with van der Waals surface area (Å²) in [7, 11) is -0.891. The summed E-state index contributed by atoms with van der Waals surface area (Å²) < 4.78 is 5.88. The Morgan fingerprint density at radius 1 is 1.11 bits per heavy atom. The lowest BCUT2D eigenvalue weighted by Gasteiger charge is -2.27. The molecule has 0 bridgehead atoms. The van der Waals surface area contributed by atoms with Crippen molar-refractivity contribution in [2.24, 2.45) is 0 Å². The van der Waals surface area contributed by atoms with Crippen molar-refractivity contribution >= 4 is 55.4 Å². The second-order valence-electron chi connectivity index (χ2n) is 4.38. The van der Waals surface area contributed by atoms with E-state index >= 15 is 0 Å². The topological polar surface area (TPSA) is 9.23 Å². The van der Waals surface area contributed by atoms with Gasteiger partial charge in [-0.05, 0) is 24.1 Å². The molecular weight excluding hydrogens is 330 g/mol. The normalized spacial score (nSPS) is 18.9. The van der Waals surface area contributed by atoms with Crippen LogP contribution in [0, 0.1) is 0 Å². The van der Waals surface area contributed by atoms with Crippen LogP contribution in [0.15, 0.2) is 6.07 Å². The Bertz CT molecular complexity index is 446. The monoisotopic (exact) mass is 341 g/mol. The van der Waals surface area contributed by atoms with Crippen LogP contribution >= 0.6 is 46.4 Å². The highest BCUT2D eigenvalue weighted by atomic mass is 35.5. The average Bonchev–Trinajstić information content (AvgIpc) is 2.41. The molecule has 1 unspecified atom stereocenters. The number of benzene rings is 1. The minimum absolute atomic E-state index is 0.259. The van der Waals surface area contributed by atoms with Gasteiger partial charge in [0.05, 0.1) is 20.1 Å². The molecule has 1 nitrogen and oxygen atoms in total. The smallest absolute Gasteiger partial charge is 0.218 e. The molecule has 18 heavy (non-hydrogen) atoms. The van der Waals surface area contributed by atoms with E-state index in [-0.39, 0.29) is 5.54 Å². The summed E-state index contributed by atoms with van der Waals surface area (Å²) in [5.74, 6) is 0. The van der Waals surface area contributed by atoms with E-state index in [9.17, 15) is 0 Å². The SMILES string of the molecule is CC(c1cc(Cl)c(Cl)c(Cl)c1Cl)[Si]1CCCCO1. The van der Waals surface area contributed by atoms with Crippen LogP contribution in [-0.2, 0) is 4.43 Å². The maximum atomic E-state index is 6.27. The van der Waals surface area contributed by atoms with Crippen molar-refractivity contribution in [2.45, 2.75) is 31.4 Å². The predicted octanol–water partition coefficient (Wildman–Crippen LogP) is 5.74. The van der Waals surface area contributed by atoms with Gasteiger partial charge < -0.3 is 4.43 Å². The number of rotatable bonds is 2. The molecule has 1 heterocycles. The van der Waals surface area contributed by atoms with Gasteiger partial charge in [0.1, 0.15) is 0 Å². The molecule has 0 spiro atoms. The fourth-order valence-corrected chi connectivity index (χ4v) is 5.58. The van der Waals surface area contributed by atoms with Gasteiger partial charge in [-0.1, -0.05) is 59.7 Å². The fourth-order valence-electron chi connectivity index (χ4n) is 2.10. The predicted molar refractivity (Wildman–Crippen MR) is 80.6 cm³/mol. The van der Waals surface area contributed by atoms with Gasteiger partial charge >= 0.3 is 0 Å².